The molecular formula is C12H16N4O2. The summed E-state index contributed by atoms with van der Waals surface area (Å²) in [5, 5.41) is 0. The molecule has 96 valence electrons. The van der Waals surface area contributed by atoms with Gasteiger partial charge in [-0.3, -0.25) is 14.5 Å². The Balaban J connectivity index is 2.14. The summed E-state index contributed by atoms with van der Waals surface area (Å²) in [4.78, 5) is 29.0. The van der Waals surface area contributed by atoms with Gasteiger partial charge < -0.3 is 5.43 Å². The third-order valence-electron chi connectivity index (χ3n) is 2.95. The van der Waals surface area contributed by atoms with E-state index in [-0.39, 0.29) is 18.4 Å². The summed E-state index contributed by atoms with van der Waals surface area (Å²) in [6.45, 7) is 0.287. The molecule has 0 saturated carbocycles. The van der Waals surface area contributed by atoms with Crippen LogP contribution in [0.2, 0.25) is 0 Å². The van der Waals surface area contributed by atoms with Gasteiger partial charge in [-0.2, -0.15) is 0 Å². The number of aromatic nitrogens is 1. The number of carbonyl (C=O) groups excluding carboxylic acids is 2. The number of nitrogens with one attached hydrogen (secondary N) is 1. The molecule has 6 nitrogen and oxygen atoms in total. The van der Waals surface area contributed by atoms with Crippen LogP contribution in [0.15, 0.2) is 18.3 Å². The highest BCUT2D eigenvalue weighted by Crippen LogP contribution is 2.16. The SMILES string of the molecule is NNc1cc(CN2C(=O)CCCCC2=O)ccn1. The number of pyridine rings is 1. The molecular weight excluding hydrogens is 232 g/mol. The highest BCUT2D eigenvalue weighted by Gasteiger charge is 2.23. The van der Waals surface area contributed by atoms with E-state index in [2.05, 4.69) is 10.4 Å². The Labute approximate surface area is 105 Å². The van der Waals surface area contributed by atoms with Gasteiger partial charge in [-0.15, -0.1) is 0 Å². The first-order chi connectivity index (χ1) is 8.70. The number of hydrazine groups is 1. The fourth-order valence-electron chi connectivity index (χ4n) is 1.97. The van der Waals surface area contributed by atoms with Gasteiger partial charge in [-0.1, -0.05) is 0 Å². The maximum atomic E-state index is 11.8. The van der Waals surface area contributed by atoms with Gasteiger partial charge >= 0.3 is 0 Å². The zero-order valence-electron chi connectivity index (χ0n) is 10.1. The predicted octanol–water partition coefficient (Wildman–Crippen LogP) is 0.796. The largest absolute Gasteiger partial charge is 0.308 e. The minimum atomic E-state index is -0.100. The number of carbonyl (C=O) groups is 2. The topological polar surface area (TPSA) is 88.3 Å². The number of anilines is 1. The van der Waals surface area contributed by atoms with E-state index < -0.39 is 0 Å². The molecule has 1 aliphatic heterocycles. The average Bonchev–Trinajstić information content (AvgIpc) is 2.54. The number of rotatable bonds is 3. The van der Waals surface area contributed by atoms with Crippen molar-refractivity contribution in [1.82, 2.24) is 9.88 Å². The van der Waals surface area contributed by atoms with Crippen LogP contribution in [0.5, 0.6) is 0 Å². The smallest absolute Gasteiger partial charge is 0.229 e. The van der Waals surface area contributed by atoms with Crippen molar-refractivity contribution in [2.45, 2.75) is 32.2 Å². The molecule has 1 aliphatic rings. The van der Waals surface area contributed by atoms with Gasteiger partial charge in [0.25, 0.3) is 0 Å². The van der Waals surface area contributed by atoms with E-state index in [0.717, 1.165) is 18.4 Å². The second kappa shape index (κ2) is 5.59. The molecule has 6 heteroatoms. The molecule has 0 unspecified atom stereocenters. The molecule has 0 bridgehead atoms. The molecule has 0 aromatic carbocycles. The third-order valence-corrected chi connectivity index (χ3v) is 2.95. The highest BCUT2D eigenvalue weighted by molar-refractivity contribution is 5.95. The number of hydrogen-bond acceptors (Lipinski definition) is 5. The number of imide groups is 1. The summed E-state index contributed by atoms with van der Waals surface area (Å²) in [6.07, 6.45) is 4.05. The van der Waals surface area contributed by atoms with Crippen LogP contribution < -0.4 is 11.3 Å². The van der Waals surface area contributed by atoms with Crippen LogP contribution >= 0.6 is 0 Å². The lowest BCUT2D eigenvalue weighted by atomic mass is 10.2. The Morgan fingerprint density at radius 2 is 1.94 bits per heavy atom. The second-order valence-electron chi connectivity index (χ2n) is 4.27. The molecule has 0 atom stereocenters. The number of amides is 2. The molecule has 2 heterocycles. The highest BCUT2D eigenvalue weighted by atomic mass is 16.2. The molecule has 3 N–H and O–H groups in total. The Morgan fingerprint density at radius 3 is 2.56 bits per heavy atom. The maximum Gasteiger partial charge on any atom is 0.229 e. The minimum absolute atomic E-state index is 0.100. The number of likely N-dealkylation sites (tertiary alicyclic amines) is 1. The van der Waals surface area contributed by atoms with Crippen LogP contribution in [-0.2, 0) is 16.1 Å². The Bertz CT molecular complexity index is 443. The molecule has 1 aromatic rings. The molecule has 2 amide bonds. The van der Waals surface area contributed by atoms with Crippen LogP contribution in [0.1, 0.15) is 31.2 Å². The van der Waals surface area contributed by atoms with Crippen molar-refractivity contribution in [1.29, 1.82) is 0 Å². The molecule has 2 rings (SSSR count). The normalized spacial score (nSPS) is 16.6. The van der Waals surface area contributed by atoms with E-state index in [0.29, 0.717) is 18.7 Å². The number of nitrogens with two attached hydrogens (primary N) is 1. The van der Waals surface area contributed by atoms with Crippen molar-refractivity contribution < 1.29 is 9.59 Å². The monoisotopic (exact) mass is 248 g/mol. The van der Waals surface area contributed by atoms with Gasteiger partial charge in [0.2, 0.25) is 11.8 Å². The first kappa shape index (κ1) is 12.5. The maximum absolute atomic E-state index is 11.8. The van der Waals surface area contributed by atoms with Crippen LogP contribution in [0.25, 0.3) is 0 Å². The van der Waals surface area contributed by atoms with Crippen molar-refractivity contribution >= 4 is 17.6 Å². The van der Waals surface area contributed by atoms with Gasteiger partial charge in [-0.25, -0.2) is 10.8 Å². The minimum Gasteiger partial charge on any atom is -0.308 e. The van der Waals surface area contributed by atoms with Crippen LogP contribution in [-0.4, -0.2) is 21.7 Å². The van der Waals surface area contributed by atoms with Crippen molar-refractivity contribution in [3.63, 3.8) is 0 Å². The first-order valence-electron chi connectivity index (χ1n) is 5.95. The molecule has 0 spiro atoms. The van der Waals surface area contributed by atoms with Crippen LogP contribution in [0.3, 0.4) is 0 Å². The molecule has 0 aliphatic carbocycles. The molecule has 0 radical (unpaired) electrons. The van der Waals surface area contributed by atoms with Gasteiger partial charge in [0.1, 0.15) is 5.82 Å². The second-order valence-corrected chi connectivity index (χ2v) is 4.27. The summed E-state index contributed by atoms with van der Waals surface area (Å²) >= 11 is 0. The molecule has 1 saturated heterocycles. The van der Waals surface area contributed by atoms with E-state index in [1.807, 2.05) is 0 Å². The third kappa shape index (κ3) is 2.84. The van der Waals surface area contributed by atoms with Gasteiger partial charge in [0.05, 0.1) is 6.54 Å². The summed E-state index contributed by atoms with van der Waals surface area (Å²) < 4.78 is 0. The fraction of sp³-hybridized carbons (Fsp3) is 0.417. The molecule has 1 aromatic heterocycles. The van der Waals surface area contributed by atoms with Crippen molar-refractivity contribution in [2.24, 2.45) is 5.84 Å². The quantitative estimate of drug-likeness (QED) is 0.469. The Hall–Kier alpha value is -1.95. The van der Waals surface area contributed by atoms with Gasteiger partial charge in [-0.05, 0) is 30.5 Å². The van der Waals surface area contributed by atoms with Gasteiger partial charge in [0.15, 0.2) is 0 Å². The first-order valence-corrected chi connectivity index (χ1v) is 5.95. The lowest BCUT2D eigenvalue weighted by molar-refractivity contribution is -0.144. The summed E-state index contributed by atoms with van der Waals surface area (Å²) in [6, 6.07) is 3.50. The number of hydrogen-bond donors (Lipinski definition) is 2. The predicted molar refractivity (Wildman–Crippen MR) is 66.1 cm³/mol. The van der Waals surface area contributed by atoms with E-state index in [9.17, 15) is 9.59 Å². The standard InChI is InChI=1S/C12H16N4O2/c13-15-10-7-9(5-6-14-10)8-16-11(17)3-1-2-4-12(16)18/h5-7H,1-4,8,13H2,(H,14,15). The van der Waals surface area contributed by atoms with E-state index in [4.69, 9.17) is 5.84 Å². The van der Waals surface area contributed by atoms with E-state index in [1.165, 1.54) is 4.90 Å². The number of nitrogen functional groups attached to an aromatic ring is 1. The van der Waals surface area contributed by atoms with Crippen molar-refractivity contribution in [3.8, 4) is 0 Å². The Morgan fingerprint density at radius 1 is 1.28 bits per heavy atom. The molecule has 1 fully saturated rings. The van der Waals surface area contributed by atoms with E-state index in [1.54, 1.807) is 18.3 Å². The fourth-order valence-corrected chi connectivity index (χ4v) is 1.97. The Kier molecular flexibility index (Phi) is 3.88. The lowest BCUT2D eigenvalue weighted by Crippen LogP contribution is -2.34. The summed E-state index contributed by atoms with van der Waals surface area (Å²) in [7, 11) is 0. The van der Waals surface area contributed by atoms with Crippen molar-refractivity contribution in [2.75, 3.05) is 5.43 Å². The average molecular weight is 248 g/mol. The van der Waals surface area contributed by atoms with Crippen molar-refractivity contribution in [3.05, 3.63) is 23.9 Å². The van der Waals surface area contributed by atoms with E-state index >= 15 is 0 Å². The zero-order chi connectivity index (χ0) is 13.0. The number of nitrogens with zero attached hydrogens (tertiary/aromatic N) is 2. The molecule has 18 heavy (non-hydrogen) atoms. The zero-order valence-corrected chi connectivity index (χ0v) is 10.1. The van der Waals surface area contributed by atoms with Gasteiger partial charge in [0, 0.05) is 19.0 Å². The summed E-state index contributed by atoms with van der Waals surface area (Å²) in [5.74, 6) is 5.59. The van der Waals surface area contributed by atoms with Crippen LogP contribution in [0, 0.1) is 0 Å². The summed E-state index contributed by atoms with van der Waals surface area (Å²) in [5.41, 5.74) is 3.27. The van der Waals surface area contributed by atoms with Crippen LogP contribution in [0.4, 0.5) is 5.82 Å². The lowest BCUT2D eigenvalue weighted by Gasteiger charge is -2.18.